The Morgan fingerprint density at radius 2 is 1.94 bits per heavy atom. The zero-order valence-corrected chi connectivity index (χ0v) is 19.8. The number of hydrogen-bond acceptors (Lipinski definition) is 10. The van der Waals surface area contributed by atoms with Crippen LogP contribution in [0, 0.1) is 11.8 Å². The molecule has 2 aromatic rings. The van der Waals surface area contributed by atoms with Gasteiger partial charge in [-0.15, -0.1) is 0 Å². The number of ketones is 2. The highest BCUT2D eigenvalue weighted by Gasteiger charge is 2.60. The predicted octanol–water partition coefficient (Wildman–Crippen LogP) is 1.56. The van der Waals surface area contributed by atoms with Crippen molar-refractivity contribution in [2.45, 2.75) is 24.9 Å². The predicted molar refractivity (Wildman–Crippen MR) is 126 cm³/mol. The first-order chi connectivity index (χ1) is 17.0. The molecule has 0 saturated heterocycles. The lowest BCUT2D eigenvalue weighted by Gasteiger charge is -2.46. The zero-order chi connectivity index (χ0) is 26.1. The van der Waals surface area contributed by atoms with Gasteiger partial charge in [0.25, 0.3) is 5.91 Å². The van der Waals surface area contributed by atoms with Gasteiger partial charge in [0.1, 0.15) is 29.1 Å². The minimum Gasteiger partial charge on any atom is -0.511 e. The molecule has 0 unspecified atom stereocenters. The number of carbonyl (C=O) groups excluding carboxylic acids is 3. The number of hydrogen-bond donors (Lipinski definition) is 5. The number of phenolic OH excluding ortho intramolecular Hbond substituents is 1. The topological polar surface area (TPSA) is 173 Å². The highest BCUT2D eigenvalue weighted by Crippen LogP contribution is 2.53. The van der Waals surface area contributed by atoms with Gasteiger partial charge in [0.05, 0.1) is 17.3 Å². The van der Waals surface area contributed by atoms with E-state index in [1.807, 2.05) is 0 Å². The first-order valence-electron chi connectivity index (χ1n) is 11.4. The third-order valence-electron chi connectivity index (χ3n) is 7.39. The maximum Gasteiger partial charge on any atom is 0.258 e. The smallest absolute Gasteiger partial charge is 0.258 e. The number of anilines is 1. The number of aliphatic hydroxyl groups excluding tert-OH is 2. The number of allylic oxidation sites excluding steroid dienone is 2. The fourth-order valence-corrected chi connectivity index (χ4v) is 5.69. The summed E-state index contributed by atoms with van der Waals surface area (Å²) in [5.41, 5.74) is -2.16. The quantitative estimate of drug-likeness (QED) is 0.393. The van der Waals surface area contributed by atoms with Crippen LogP contribution in [0.25, 0.3) is 11.5 Å². The van der Waals surface area contributed by atoms with Crippen molar-refractivity contribution >= 4 is 23.2 Å². The minimum atomic E-state index is -2.56. The lowest BCUT2D eigenvalue weighted by molar-refractivity contribution is -0.144. The van der Waals surface area contributed by atoms with Crippen molar-refractivity contribution in [3.63, 3.8) is 0 Å². The number of aliphatic hydroxyl groups is 3. The summed E-state index contributed by atoms with van der Waals surface area (Å²) in [6.45, 7) is 0. The first-order valence-corrected chi connectivity index (χ1v) is 11.4. The molecule has 0 aliphatic heterocycles. The zero-order valence-electron chi connectivity index (χ0n) is 19.8. The first kappa shape index (κ1) is 23.6. The van der Waals surface area contributed by atoms with Gasteiger partial charge in [-0.05, 0) is 30.4 Å². The number of nitrogens with zero attached hydrogens (tertiary/aromatic N) is 2. The normalized spacial score (nSPS) is 25.3. The number of phenols is 1. The Bertz CT molecular complexity index is 1390. The van der Waals surface area contributed by atoms with Crippen LogP contribution in [-0.2, 0) is 16.0 Å². The molecule has 0 fully saturated rings. The van der Waals surface area contributed by atoms with Crippen LogP contribution in [-0.4, -0.2) is 69.6 Å². The second-order valence-corrected chi connectivity index (χ2v) is 9.50. The van der Waals surface area contributed by atoms with Crippen molar-refractivity contribution in [2.24, 2.45) is 11.8 Å². The molecule has 0 spiro atoms. The maximum absolute atomic E-state index is 13.8. The second kappa shape index (κ2) is 7.95. The average Bonchev–Trinajstić information content (AvgIpc) is 3.36. The van der Waals surface area contributed by atoms with E-state index in [1.54, 1.807) is 25.1 Å². The lowest BCUT2D eigenvalue weighted by atomic mass is 9.60. The van der Waals surface area contributed by atoms with Crippen LogP contribution in [0.5, 0.6) is 5.75 Å². The monoisotopic (exact) mass is 495 g/mol. The Hall–Kier alpha value is -4.12. The number of benzene rings is 1. The van der Waals surface area contributed by atoms with Crippen molar-refractivity contribution in [2.75, 3.05) is 26.0 Å². The largest absolute Gasteiger partial charge is 0.511 e. The van der Waals surface area contributed by atoms with Gasteiger partial charge in [0, 0.05) is 44.7 Å². The molecule has 11 heteroatoms. The summed E-state index contributed by atoms with van der Waals surface area (Å²) in [5.74, 6) is -6.01. The number of nitrogens with one attached hydrogen (secondary N) is 1. The van der Waals surface area contributed by atoms with Gasteiger partial charge in [0.15, 0.2) is 11.4 Å². The Morgan fingerprint density at radius 1 is 1.22 bits per heavy atom. The van der Waals surface area contributed by atoms with Crippen molar-refractivity contribution in [3.8, 4) is 17.2 Å². The van der Waals surface area contributed by atoms with Gasteiger partial charge in [-0.2, -0.15) is 0 Å². The molecule has 5 rings (SSSR count). The van der Waals surface area contributed by atoms with E-state index in [4.69, 9.17) is 4.42 Å². The van der Waals surface area contributed by atoms with E-state index in [1.165, 1.54) is 19.5 Å². The third-order valence-corrected chi connectivity index (χ3v) is 7.39. The van der Waals surface area contributed by atoms with Crippen LogP contribution in [0.4, 0.5) is 5.69 Å². The summed E-state index contributed by atoms with van der Waals surface area (Å²) in [7, 11) is 4.82. The number of aromatic nitrogens is 1. The number of carbonyl (C=O) groups is 3. The molecule has 5 N–H and O–H groups in total. The minimum absolute atomic E-state index is 0.0811. The molecule has 3 atom stereocenters. The highest BCUT2D eigenvalue weighted by molar-refractivity contribution is 6.25. The Labute approximate surface area is 205 Å². The van der Waals surface area contributed by atoms with Gasteiger partial charge in [0.2, 0.25) is 11.7 Å². The van der Waals surface area contributed by atoms with Crippen molar-refractivity contribution < 1.29 is 39.2 Å². The molecule has 0 bridgehead atoms. The molecule has 1 aromatic heterocycles. The molecule has 11 nitrogen and oxygen atoms in total. The Morgan fingerprint density at radius 3 is 2.56 bits per heavy atom. The molecule has 3 aliphatic carbocycles. The molecular weight excluding hydrogens is 470 g/mol. The Balaban J connectivity index is 1.71. The SMILES string of the molecule is CNC(=O)C1=C(O)C[C@@H]2C[C@@H]3Cc4c(N(C)C)cc(-c5ncco5)c(O)c4C(=O)C3=C(O)[C@]2(O)C1=O. The molecule has 36 heavy (non-hydrogen) atoms. The lowest BCUT2D eigenvalue weighted by Crippen LogP contribution is -2.57. The van der Waals surface area contributed by atoms with Gasteiger partial charge < -0.3 is 35.1 Å². The molecule has 188 valence electrons. The molecule has 0 radical (unpaired) electrons. The van der Waals surface area contributed by atoms with Crippen LogP contribution in [0.2, 0.25) is 0 Å². The van der Waals surface area contributed by atoms with Gasteiger partial charge >= 0.3 is 0 Å². The van der Waals surface area contributed by atoms with Crippen LogP contribution >= 0.6 is 0 Å². The molecule has 1 heterocycles. The summed E-state index contributed by atoms with van der Waals surface area (Å²) < 4.78 is 5.33. The van der Waals surface area contributed by atoms with Gasteiger partial charge in [-0.3, -0.25) is 14.4 Å². The average molecular weight is 495 g/mol. The number of rotatable bonds is 3. The molecular formula is C25H25N3O8. The molecule has 3 aliphatic rings. The van der Waals surface area contributed by atoms with Gasteiger partial charge in [-0.1, -0.05) is 0 Å². The third kappa shape index (κ3) is 3.02. The van der Waals surface area contributed by atoms with Crippen LogP contribution in [0.1, 0.15) is 28.8 Å². The second-order valence-electron chi connectivity index (χ2n) is 9.50. The van der Waals surface area contributed by atoms with E-state index < -0.39 is 57.8 Å². The van der Waals surface area contributed by atoms with Crippen LogP contribution in [0.15, 0.2) is 45.6 Å². The number of amides is 1. The van der Waals surface area contributed by atoms with Crippen molar-refractivity contribution in [3.05, 3.63) is 52.3 Å². The summed E-state index contributed by atoms with van der Waals surface area (Å²) >= 11 is 0. The van der Waals surface area contributed by atoms with E-state index in [2.05, 4.69) is 10.3 Å². The summed E-state index contributed by atoms with van der Waals surface area (Å²) in [4.78, 5) is 45.1. The standard InChI is InChI=1S/C25H25N3O8/c1-26-23(34)18-15(29)8-11-6-10-7-12-14(28(2)3)9-13(24-27-4-5-36-24)19(30)17(12)20(31)16(10)21(32)25(11,35)22(18)33/h4-5,9-11,29-30,32,35H,6-8H2,1-3H3,(H,26,34)/t10-,11+,25+/m1/s1. The van der Waals surface area contributed by atoms with Crippen molar-refractivity contribution in [1.29, 1.82) is 0 Å². The Kier molecular flexibility index (Phi) is 5.22. The van der Waals surface area contributed by atoms with E-state index in [-0.39, 0.29) is 41.9 Å². The summed E-state index contributed by atoms with van der Waals surface area (Å²) in [6.07, 6.45) is 2.81. The number of fused-ring (bicyclic) bond motifs is 3. The molecule has 0 saturated carbocycles. The fraction of sp³-hybridized carbons (Fsp3) is 0.360. The van der Waals surface area contributed by atoms with E-state index >= 15 is 0 Å². The van der Waals surface area contributed by atoms with E-state index in [0.29, 0.717) is 11.3 Å². The summed E-state index contributed by atoms with van der Waals surface area (Å²) in [6, 6.07) is 1.66. The van der Waals surface area contributed by atoms with Crippen molar-refractivity contribution in [1.82, 2.24) is 10.3 Å². The van der Waals surface area contributed by atoms with Gasteiger partial charge in [-0.25, -0.2) is 4.98 Å². The number of Topliss-reactive ketones (excluding diaryl/α,β-unsaturated/α-hetero) is 2. The number of aromatic hydroxyl groups is 1. The highest BCUT2D eigenvalue weighted by atomic mass is 16.4. The van der Waals surface area contributed by atoms with E-state index in [0.717, 1.165) is 0 Å². The van der Waals surface area contributed by atoms with E-state index in [9.17, 15) is 34.8 Å². The molecule has 1 amide bonds. The molecule has 1 aromatic carbocycles. The summed E-state index contributed by atoms with van der Waals surface area (Å²) in [5, 5.41) is 46.5. The number of likely N-dealkylation sites (N-methyl/N-ethyl adjacent to an activating group) is 1. The number of oxazole rings is 1. The van der Waals surface area contributed by atoms with Crippen LogP contribution < -0.4 is 10.2 Å². The fourth-order valence-electron chi connectivity index (χ4n) is 5.69. The van der Waals surface area contributed by atoms with Crippen LogP contribution in [0.3, 0.4) is 0 Å². The maximum atomic E-state index is 13.8.